The van der Waals surface area contributed by atoms with Gasteiger partial charge in [0.15, 0.2) is 0 Å². The summed E-state index contributed by atoms with van der Waals surface area (Å²) in [5, 5.41) is 3.30. The molecule has 1 aromatic rings. The topological polar surface area (TPSA) is 29.9 Å². The first kappa shape index (κ1) is 12.2. The van der Waals surface area contributed by atoms with Gasteiger partial charge in [0.1, 0.15) is 0 Å². The number of hydrogen-bond donors (Lipinski definition) is 1. The molecule has 0 aliphatic heterocycles. The van der Waals surface area contributed by atoms with Gasteiger partial charge in [-0.2, -0.15) is 0 Å². The standard InChI is InChI=1S/C14H23N3/c1-3-9-15-14-16-10-11-17(14)12(2)13-7-5-4-6-8-13/h3,10-13H,1,4-9H2,2H3,(H,15,16). The molecule has 1 aromatic heterocycles. The Morgan fingerprint density at radius 3 is 3.00 bits per heavy atom. The SMILES string of the molecule is C=CCNc1nccn1C(C)C1CCCCC1. The van der Waals surface area contributed by atoms with E-state index in [0.29, 0.717) is 6.04 Å². The number of nitrogens with one attached hydrogen (secondary N) is 1. The first-order chi connectivity index (χ1) is 8.33. The fourth-order valence-corrected chi connectivity index (χ4v) is 2.79. The van der Waals surface area contributed by atoms with Crippen LogP contribution in [0.2, 0.25) is 0 Å². The lowest BCUT2D eigenvalue weighted by Crippen LogP contribution is -2.20. The molecule has 1 aliphatic carbocycles. The number of aromatic nitrogens is 2. The number of nitrogens with zero attached hydrogens (tertiary/aromatic N) is 2. The molecule has 3 nitrogen and oxygen atoms in total. The van der Waals surface area contributed by atoms with Gasteiger partial charge in [-0.25, -0.2) is 4.98 Å². The summed E-state index contributed by atoms with van der Waals surface area (Å²) in [5.41, 5.74) is 0. The van der Waals surface area contributed by atoms with E-state index in [2.05, 4.69) is 34.6 Å². The Morgan fingerprint density at radius 2 is 2.29 bits per heavy atom. The van der Waals surface area contributed by atoms with Crippen molar-refractivity contribution in [3.63, 3.8) is 0 Å². The Balaban J connectivity index is 2.04. The second-order valence-electron chi connectivity index (χ2n) is 4.97. The van der Waals surface area contributed by atoms with Crippen LogP contribution in [0.3, 0.4) is 0 Å². The summed E-state index contributed by atoms with van der Waals surface area (Å²) in [5.74, 6) is 1.78. The van der Waals surface area contributed by atoms with Crippen LogP contribution in [0.4, 0.5) is 5.95 Å². The van der Waals surface area contributed by atoms with Gasteiger partial charge < -0.3 is 9.88 Å². The zero-order valence-corrected chi connectivity index (χ0v) is 10.7. The van der Waals surface area contributed by atoms with Crippen LogP contribution in [0.15, 0.2) is 25.0 Å². The Hall–Kier alpha value is -1.25. The molecule has 94 valence electrons. The van der Waals surface area contributed by atoms with Gasteiger partial charge in [-0.15, -0.1) is 6.58 Å². The van der Waals surface area contributed by atoms with Crippen molar-refractivity contribution in [1.82, 2.24) is 9.55 Å². The Labute approximate surface area is 104 Å². The summed E-state index contributed by atoms with van der Waals surface area (Å²) in [7, 11) is 0. The molecule has 17 heavy (non-hydrogen) atoms. The van der Waals surface area contributed by atoms with E-state index in [0.717, 1.165) is 18.4 Å². The van der Waals surface area contributed by atoms with Crippen LogP contribution in [-0.4, -0.2) is 16.1 Å². The Bertz CT molecular complexity index is 350. The molecular formula is C14H23N3. The minimum absolute atomic E-state index is 0.546. The van der Waals surface area contributed by atoms with E-state index in [9.17, 15) is 0 Å². The first-order valence-electron chi connectivity index (χ1n) is 6.70. The zero-order chi connectivity index (χ0) is 12.1. The first-order valence-corrected chi connectivity index (χ1v) is 6.70. The van der Waals surface area contributed by atoms with Gasteiger partial charge in [0.25, 0.3) is 0 Å². The maximum Gasteiger partial charge on any atom is 0.203 e. The molecule has 1 fully saturated rings. The van der Waals surface area contributed by atoms with Crippen LogP contribution in [0.1, 0.15) is 45.1 Å². The molecule has 0 amide bonds. The van der Waals surface area contributed by atoms with Crippen LogP contribution in [0, 0.1) is 5.92 Å². The largest absolute Gasteiger partial charge is 0.352 e. The highest BCUT2D eigenvalue weighted by Crippen LogP contribution is 2.33. The molecule has 1 N–H and O–H groups in total. The fraction of sp³-hybridized carbons (Fsp3) is 0.643. The van der Waals surface area contributed by atoms with Gasteiger partial charge in [0, 0.05) is 25.0 Å². The van der Waals surface area contributed by atoms with Gasteiger partial charge in [-0.05, 0) is 25.7 Å². The number of anilines is 1. The van der Waals surface area contributed by atoms with Gasteiger partial charge >= 0.3 is 0 Å². The van der Waals surface area contributed by atoms with Crippen molar-refractivity contribution in [2.24, 2.45) is 5.92 Å². The van der Waals surface area contributed by atoms with Crippen LogP contribution in [0.25, 0.3) is 0 Å². The molecule has 0 bridgehead atoms. The average molecular weight is 233 g/mol. The minimum Gasteiger partial charge on any atom is -0.352 e. The smallest absolute Gasteiger partial charge is 0.203 e. The molecule has 2 rings (SSSR count). The van der Waals surface area contributed by atoms with Crippen LogP contribution in [-0.2, 0) is 0 Å². The van der Waals surface area contributed by atoms with Crippen LogP contribution >= 0.6 is 0 Å². The Kier molecular flexibility index (Phi) is 4.24. The minimum atomic E-state index is 0.546. The summed E-state index contributed by atoms with van der Waals surface area (Å²) in [6, 6.07) is 0.546. The maximum atomic E-state index is 4.37. The molecule has 1 atom stereocenters. The second-order valence-corrected chi connectivity index (χ2v) is 4.97. The quantitative estimate of drug-likeness (QED) is 0.787. The molecule has 1 saturated carbocycles. The molecule has 0 spiro atoms. The number of rotatable bonds is 5. The lowest BCUT2D eigenvalue weighted by Gasteiger charge is -2.29. The molecule has 0 aromatic carbocycles. The molecule has 1 aliphatic rings. The average Bonchev–Trinajstić information content (AvgIpc) is 2.84. The monoisotopic (exact) mass is 233 g/mol. The van der Waals surface area contributed by atoms with Crippen molar-refractivity contribution in [2.45, 2.75) is 45.1 Å². The van der Waals surface area contributed by atoms with Gasteiger partial charge in [-0.1, -0.05) is 25.3 Å². The van der Waals surface area contributed by atoms with E-state index in [4.69, 9.17) is 0 Å². The molecule has 1 heterocycles. The third kappa shape index (κ3) is 2.90. The molecule has 0 radical (unpaired) electrons. The van der Waals surface area contributed by atoms with E-state index in [1.54, 1.807) is 0 Å². The van der Waals surface area contributed by atoms with E-state index in [-0.39, 0.29) is 0 Å². The second kappa shape index (κ2) is 5.89. The van der Waals surface area contributed by atoms with Gasteiger partial charge in [0.05, 0.1) is 0 Å². The predicted octanol–water partition coefficient (Wildman–Crippen LogP) is 3.62. The van der Waals surface area contributed by atoms with E-state index < -0.39 is 0 Å². The summed E-state index contributed by atoms with van der Waals surface area (Å²) in [6.07, 6.45) is 12.7. The third-order valence-electron chi connectivity index (χ3n) is 3.84. The maximum absolute atomic E-state index is 4.37. The highest BCUT2D eigenvalue weighted by atomic mass is 15.2. The van der Waals surface area contributed by atoms with Crippen molar-refractivity contribution < 1.29 is 0 Å². The lowest BCUT2D eigenvalue weighted by atomic mass is 9.84. The van der Waals surface area contributed by atoms with Gasteiger partial charge in [-0.3, -0.25) is 0 Å². The van der Waals surface area contributed by atoms with Crippen molar-refractivity contribution in [2.75, 3.05) is 11.9 Å². The number of hydrogen-bond acceptors (Lipinski definition) is 2. The highest BCUT2D eigenvalue weighted by molar-refractivity contribution is 5.27. The zero-order valence-electron chi connectivity index (χ0n) is 10.7. The van der Waals surface area contributed by atoms with Crippen molar-refractivity contribution in [3.05, 3.63) is 25.0 Å². The molecule has 0 saturated heterocycles. The summed E-state index contributed by atoms with van der Waals surface area (Å²) in [6.45, 7) is 6.81. The third-order valence-corrected chi connectivity index (χ3v) is 3.84. The van der Waals surface area contributed by atoms with Crippen molar-refractivity contribution in [3.8, 4) is 0 Å². The molecule has 3 heteroatoms. The lowest BCUT2D eigenvalue weighted by molar-refractivity contribution is 0.265. The van der Waals surface area contributed by atoms with E-state index in [1.807, 2.05) is 12.3 Å². The fourth-order valence-electron chi connectivity index (χ4n) is 2.79. The normalized spacial score (nSPS) is 18.9. The van der Waals surface area contributed by atoms with Crippen molar-refractivity contribution >= 4 is 5.95 Å². The number of imidazole rings is 1. The summed E-state index contributed by atoms with van der Waals surface area (Å²) in [4.78, 5) is 4.37. The summed E-state index contributed by atoms with van der Waals surface area (Å²) < 4.78 is 2.28. The highest BCUT2D eigenvalue weighted by Gasteiger charge is 2.22. The van der Waals surface area contributed by atoms with E-state index in [1.165, 1.54) is 32.1 Å². The van der Waals surface area contributed by atoms with Gasteiger partial charge in [0.2, 0.25) is 5.95 Å². The predicted molar refractivity (Wildman–Crippen MR) is 72.2 cm³/mol. The summed E-state index contributed by atoms with van der Waals surface area (Å²) >= 11 is 0. The molecular weight excluding hydrogens is 210 g/mol. The van der Waals surface area contributed by atoms with E-state index >= 15 is 0 Å². The Morgan fingerprint density at radius 1 is 1.53 bits per heavy atom. The van der Waals surface area contributed by atoms with Crippen molar-refractivity contribution in [1.29, 1.82) is 0 Å². The van der Waals surface area contributed by atoms with Crippen LogP contribution < -0.4 is 5.32 Å². The molecule has 1 unspecified atom stereocenters. The van der Waals surface area contributed by atoms with Crippen LogP contribution in [0.5, 0.6) is 0 Å².